The van der Waals surface area contributed by atoms with Gasteiger partial charge >= 0.3 is 0 Å². The van der Waals surface area contributed by atoms with Gasteiger partial charge in [0, 0.05) is 6.54 Å². The summed E-state index contributed by atoms with van der Waals surface area (Å²) in [6, 6.07) is 4.65. The highest BCUT2D eigenvalue weighted by atomic mass is 35.5. The number of benzene rings is 1. The predicted molar refractivity (Wildman–Crippen MR) is 67.9 cm³/mol. The molecule has 1 heterocycles. The van der Waals surface area contributed by atoms with E-state index in [-0.39, 0.29) is 23.8 Å². The van der Waals surface area contributed by atoms with Crippen molar-refractivity contribution in [1.82, 2.24) is 14.9 Å². The number of halogens is 2. The van der Waals surface area contributed by atoms with Gasteiger partial charge in [0.05, 0.1) is 11.4 Å². The standard InChI is InChI=1S/C12H13ClFN3O/c1-2-15-11(18)7-17-9-5-3-4-8(14)12(9)16-10(17)6-13/h3-5H,2,6-7H2,1H3,(H,15,18). The van der Waals surface area contributed by atoms with Crippen molar-refractivity contribution < 1.29 is 9.18 Å². The fourth-order valence-corrected chi connectivity index (χ4v) is 2.04. The van der Waals surface area contributed by atoms with Crippen LogP contribution in [-0.2, 0) is 17.2 Å². The summed E-state index contributed by atoms with van der Waals surface area (Å²) in [5.74, 6) is 0.0667. The number of nitrogens with zero attached hydrogens (tertiary/aromatic N) is 2. The zero-order valence-electron chi connectivity index (χ0n) is 9.91. The fourth-order valence-electron chi connectivity index (χ4n) is 1.84. The van der Waals surface area contributed by atoms with Gasteiger partial charge in [-0.3, -0.25) is 4.79 Å². The summed E-state index contributed by atoms with van der Waals surface area (Å²) >= 11 is 5.78. The molecule has 1 aromatic carbocycles. The third-order valence-corrected chi connectivity index (χ3v) is 2.84. The Morgan fingerprint density at radius 1 is 1.56 bits per heavy atom. The van der Waals surface area contributed by atoms with Crippen LogP contribution in [0.25, 0.3) is 11.0 Å². The van der Waals surface area contributed by atoms with E-state index in [0.29, 0.717) is 17.9 Å². The number of aromatic nitrogens is 2. The van der Waals surface area contributed by atoms with Gasteiger partial charge in [-0.25, -0.2) is 9.37 Å². The average Bonchev–Trinajstić information content (AvgIpc) is 2.69. The minimum Gasteiger partial charge on any atom is -0.355 e. The number of para-hydroxylation sites is 1. The second kappa shape index (κ2) is 5.35. The maximum absolute atomic E-state index is 13.6. The molecular formula is C12H13ClFN3O. The van der Waals surface area contributed by atoms with Gasteiger partial charge < -0.3 is 9.88 Å². The number of fused-ring (bicyclic) bond motifs is 1. The summed E-state index contributed by atoms with van der Waals surface area (Å²) in [6.07, 6.45) is 0. The fraction of sp³-hybridized carbons (Fsp3) is 0.333. The summed E-state index contributed by atoms with van der Waals surface area (Å²) in [5.41, 5.74) is 0.828. The van der Waals surface area contributed by atoms with Crippen LogP contribution in [0, 0.1) is 5.82 Å². The molecule has 0 aliphatic carbocycles. The van der Waals surface area contributed by atoms with E-state index in [0.717, 1.165) is 0 Å². The monoisotopic (exact) mass is 269 g/mol. The molecule has 0 bridgehead atoms. The first-order valence-electron chi connectivity index (χ1n) is 5.63. The smallest absolute Gasteiger partial charge is 0.239 e. The van der Waals surface area contributed by atoms with E-state index in [1.165, 1.54) is 6.07 Å². The van der Waals surface area contributed by atoms with E-state index in [2.05, 4.69) is 10.3 Å². The molecule has 0 spiro atoms. The molecule has 1 amide bonds. The van der Waals surface area contributed by atoms with Crippen molar-refractivity contribution >= 4 is 28.5 Å². The van der Waals surface area contributed by atoms with Crippen LogP contribution in [0.2, 0.25) is 0 Å². The third-order valence-electron chi connectivity index (χ3n) is 2.60. The first-order chi connectivity index (χ1) is 8.67. The lowest BCUT2D eigenvalue weighted by molar-refractivity contribution is -0.121. The minimum absolute atomic E-state index is 0.0931. The molecule has 4 nitrogen and oxygen atoms in total. The summed E-state index contributed by atoms with van der Waals surface area (Å²) < 4.78 is 15.2. The Kier molecular flexibility index (Phi) is 3.81. The van der Waals surface area contributed by atoms with Crippen molar-refractivity contribution in [2.24, 2.45) is 0 Å². The van der Waals surface area contributed by atoms with Crippen LogP contribution >= 0.6 is 11.6 Å². The Morgan fingerprint density at radius 3 is 3.00 bits per heavy atom. The molecule has 2 aromatic rings. The van der Waals surface area contributed by atoms with Gasteiger partial charge in [0.1, 0.15) is 17.9 Å². The Balaban J connectivity index is 2.47. The maximum Gasteiger partial charge on any atom is 0.239 e. The Bertz CT molecular complexity index is 582. The van der Waals surface area contributed by atoms with Crippen molar-refractivity contribution in [3.63, 3.8) is 0 Å². The van der Waals surface area contributed by atoms with E-state index in [1.54, 1.807) is 16.7 Å². The zero-order valence-corrected chi connectivity index (χ0v) is 10.7. The highest BCUT2D eigenvalue weighted by molar-refractivity contribution is 6.16. The van der Waals surface area contributed by atoms with Crippen molar-refractivity contribution in [1.29, 1.82) is 0 Å². The predicted octanol–water partition coefficient (Wildman–Crippen LogP) is 2.05. The number of likely N-dealkylation sites (N-methyl/N-ethyl adjacent to an activating group) is 1. The number of carbonyl (C=O) groups excluding carboxylic acids is 1. The van der Waals surface area contributed by atoms with Gasteiger partial charge in [-0.15, -0.1) is 11.6 Å². The largest absolute Gasteiger partial charge is 0.355 e. The van der Waals surface area contributed by atoms with Gasteiger partial charge in [-0.2, -0.15) is 0 Å². The highest BCUT2D eigenvalue weighted by Gasteiger charge is 2.14. The third kappa shape index (κ3) is 2.31. The molecule has 0 radical (unpaired) electrons. The lowest BCUT2D eigenvalue weighted by Crippen LogP contribution is -2.27. The summed E-state index contributed by atoms with van der Waals surface area (Å²) in [6.45, 7) is 2.48. The molecule has 0 fully saturated rings. The Morgan fingerprint density at radius 2 is 2.33 bits per heavy atom. The molecular weight excluding hydrogens is 257 g/mol. The number of nitrogens with one attached hydrogen (secondary N) is 1. The van der Waals surface area contributed by atoms with Crippen LogP contribution in [0.1, 0.15) is 12.7 Å². The molecule has 96 valence electrons. The number of hydrogen-bond donors (Lipinski definition) is 1. The topological polar surface area (TPSA) is 46.9 Å². The van der Waals surface area contributed by atoms with E-state index in [1.807, 2.05) is 6.92 Å². The molecule has 0 unspecified atom stereocenters. The van der Waals surface area contributed by atoms with E-state index < -0.39 is 5.82 Å². The maximum atomic E-state index is 13.6. The summed E-state index contributed by atoms with van der Waals surface area (Å²) in [5, 5.41) is 2.69. The zero-order chi connectivity index (χ0) is 13.1. The minimum atomic E-state index is -0.409. The molecule has 2 rings (SSSR count). The van der Waals surface area contributed by atoms with E-state index in [9.17, 15) is 9.18 Å². The van der Waals surface area contributed by atoms with Gasteiger partial charge in [-0.1, -0.05) is 6.07 Å². The highest BCUT2D eigenvalue weighted by Crippen LogP contribution is 2.20. The van der Waals surface area contributed by atoms with Gasteiger partial charge in [0.15, 0.2) is 5.82 Å². The van der Waals surface area contributed by atoms with Crippen LogP contribution in [-0.4, -0.2) is 22.0 Å². The van der Waals surface area contributed by atoms with Crippen LogP contribution in [0.3, 0.4) is 0 Å². The molecule has 0 aliphatic rings. The molecule has 1 aromatic heterocycles. The Labute approximate surface area is 109 Å². The number of alkyl halides is 1. The molecule has 1 N–H and O–H groups in total. The number of rotatable bonds is 4. The first-order valence-corrected chi connectivity index (χ1v) is 6.17. The summed E-state index contributed by atoms with van der Waals surface area (Å²) in [4.78, 5) is 15.7. The molecule has 6 heteroatoms. The molecule has 18 heavy (non-hydrogen) atoms. The molecule has 0 atom stereocenters. The number of carbonyl (C=O) groups is 1. The number of imidazole rings is 1. The van der Waals surface area contributed by atoms with E-state index in [4.69, 9.17) is 11.6 Å². The lowest BCUT2D eigenvalue weighted by atomic mass is 10.3. The van der Waals surface area contributed by atoms with Crippen molar-refractivity contribution in [3.05, 3.63) is 29.8 Å². The molecule has 0 aliphatic heterocycles. The summed E-state index contributed by atoms with van der Waals surface area (Å²) in [7, 11) is 0. The normalized spacial score (nSPS) is 10.8. The van der Waals surface area contributed by atoms with Crippen LogP contribution < -0.4 is 5.32 Å². The molecule has 0 saturated carbocycles. The van der Waals surface area contributed by atoms with Crippen molar-refractivity contribution in [2.75, 3.05) is 6.54 Å². The second-order valence-electron chi connectivity index (χ2n) is 3.81. The van der Waals surface area contributed by atoms with Crippen molar-refractivity contribution in [3.8, 4) is 0 Å². The van der Waals surface area contributed by atoms with Crippen LogP contribution in [0.4, 0.5) is 4.39 Å². The average molecular weight is 270 g/mol. The molecule has 0 saturated heterocycles. The first kappa shape index (κ1) is 12.8. The SMILES string of the molecule is CCNC(=O)Cn1c(CCl)nc2c(F)cccc21. The van der Waals surface area contributed by atoms with E-state index >= 15 is 0 Å². The lowest BCUT2D eigenvalue weighted by Gasteiger charge is -2.07. The quantitative estimate of drug-likeness (QED) is 0.864. The number of amides is 1. The van der Waals surface area contributed by atoms with Gasteiger partial charge in [-0.05, 0) is 19.1 Å². The van der Waals surface area contributed by atoms with Crippen LogP contribution in [0.5, 0.6) is 0 Å². The van der Waals surface area contributed by atoms with Crippen LogP contribution in [0.15, 0.2) is 18.2 Å². The van der Waals surface area contributed by atoms with Gasteiger partial charge in [0.25, 0.3) is 0 Å². The van der Waals surface area contributed by atoms with Crippen molar-refractivity contribution in [2.45, 2.75) is 19.3 Å². The second-order valence-corrected chi connectivity index (χ2v) is 4.08. The number of hydrogen-bond acceptors (Lipinski definition) is 2. The Hall–Kier alpha value is -1.62. The van der Waals surface area contributed by atoms with Gasteiger partial charge in [0.2, 0.25) is 5.91 Å².